The van der Waals surface area contributed by atoms with Crippen molar-refractivity contribution in [2.24, 2.45) is 0 Å². The summed E-state index contributed by atoms with van der Waals surface area (Å²) < 4.78 is 0. The van der Waals surface area contributed by atoms with Gasteiger partial charge in [-0.15, -0.1) is 0 Å². The van der Waals surface area contributed by atoms with Gasteiger partial charge in [0.15, 0.2) is 0 Å². The molecule has 1 unspecified atom stereocenters. The highest BCUT2D eigenvalue weighted by atomic mass is 16.3. The minimum Gasteiger partial charge on any atom is -0.508 e. The fourth-order valence-electron chi connectivity index (χ4n) is 2.36. The van der Waals surface area contributed by atoms with Crippen LogP contribution in [0, 0.1) is 0 Å². The quantitative estimate of drug-likeness (QED) is 0.738. The molecule has 2 heteroatoms. The molecule has 2 nitrogen and oxygen atoms in total. The Morgan fingerprint density at radius 2 is 2.20 bits per heavy atom. The second kappa shape index (κ2) is 3.86. The van der Waals surface area contributed by atoms with Crippen molar-refractivity contribution in [2.45, 2.75) is 44.7 Å². The maximum atomic E-state index is 9.45. The third kappa shape index (κ3) is 2.51. The van der Waals surface area contributed by atoms with Gasteiger partial charge in [0.05, 0.1) is 0 Å². The summed E-state index contributed by atoms with van der Waals surface area (Å²) >= 11 is 0. The van der Waals surface area contributed by atoms with Crippen LogP contribution in [-0.4, -0.2) is 10.6 Å². The number of piperidine rings is 1. The van der Waals surface area contributed by atoms with E-state index < -0.39 is 0 Å². The molecule has 1 heterocycles. The largest absolute Gasteiger partial charge is 0.508 e. The molecule has 2 N–H and O–H groups in total. The average molecular weight is 205 g/mol. The monoisotopic (exact) mass is 205 g/mol. The molecule has 1 aliphatic heterocycles. The topological polar surface area (TPSA) is 32.3 Å². The van der Waals surface area contributed by atoms with Crippen molar-refractivity contribution in [1.29, 1.82) is 0 Å². The first-order chi connectivity index (χ1) is 7.07. The molecule has 0 amide bonds. The molecule has 15 heavy (non-hydrogen) atoms. The first kappa shape index (κ1) is 10.5. The van der Waals surface area contributed by atoms with Gasteiger partial charge in [0.25, 0.3) is 0 Å². The summed E-state index contributed by atoms with van der Waals surface area (Å²) in [7, 11) is 0. The number of hydrogen-bond acceptors (Lipinski definition) is 2. The van der Waals surface area contributed by atoms with Gasteiger partial charge in [0.1, 0.15) is 5.75 Å². The van der Waals surface area contributed by atoms with E-state index in [1.54, 1.807) is 6.07 Å². The molecule has 1 atom stereocenters. The maximum absolute atomic E-state index is 9.45. The maximum Gasteiger partial charge on any atom is 0.115 e. The van der Waals surface area contributed by atoms with Gasteiger partial charge in [-0.1, -0.05) is 12.1 Å². The van der Waals surface area contributed by atoms with Crippen molar-refractivity contribution >= 4 is 0 Å². The fourth-order valence-corrected chi connectivity index (χ4v) is 2.36. The summed E-state index contributed by atoms with van der Waals surface area (Å²) in [6.07, 6.45) is 3.63. The zero-order valence-electron chi connectivity index (χ0n) is 9.46. The fraction of sp³-hybridized carbons (Fsp3) is 0.538. The summed E-state index contributed by atoms with van der Waals surface area (Å²) in [6, 6.07) is 7.96. The predicted molar refractivity (Wildman–Crippen MR) is 61.9 cm³/mol. The highest BCUT2D eigenvalue weighted by Gasteiger charge is 2.27. The number of aromatic hydroxyl groups is 1. The molecule has 2 rings (SSSR count). The SMILES string of the molecule is CC1(C)CCCC(c2cccc(O)c2)N1. The highest BCUT2D eigenvalue weighted by molar-refractivity contribution is 5.29. The smallest absolute Gasteiger partial charge is 0.115 e. The van der Waals surface area contributed by atoms with E-state index in [1.807, 2.05) is 12.1 Å². The van der Waals surface area contributed by atoms with Crippen molar-refractivity contribution in [3.8, 4) is 5.75 Å². The molecule has 1 fully saturated rings. The predicted octanol–water partition coefficient (Wildman–Crippen LogP) is 2.99. The van der Waals surface area contributed by atoms with Crippen LogP contribution in [-0.2, 0) is 0 Å². The second-order valence-electron chi connectivity index (χ2n) is 5.07. The van der Waals surface area contributed by atoms with Crippen molar-refractivity contribution in [2.75, 3.05) is 0 Å². The minimum atomic E-state index is 0.217. The Morgan fingerprint density at radius 3 is 2.87 bits per heavy atom. The first-order valence-electron chi connectivity index (χ1n) is 5.63. The van der Waals surface area contributed by atoms with E-state index in [1.165, 1.54) is 18.4 Å². The summed E-state index contributed by atoms with van der Waals surface area (Å²) in [4.78, 5) is 0. The van der Waals surface area contributed by atoms with Crippen LogP contribution in [0.25, 0.3) is 0 Å². The van der Waals surface area contributed by atoms with Crippen LogP contribution in [0.4, 0.5) is 0 Å². The number of hydrogen-bond donors (Lipinski definition) is 2. The van der Waals surface area contributed by atoms with Gasteiger partial charge in [-0.3, -0.25) is 0 Å². The molecular formula is C13H19NO. The molecule has 0 radical (unpaired) electrons. The Kier molecular flexibility index (Phi) is 2.70. The van der Waals surface area contributed by atoms with Crippen molar-refractivity contribution in [3.63, 3.8) is 0 Å². The van der Waals surface area contributed by atoms with Gasteiger partial charge >= 0.3 is 0 Å². The van der Waals surface area contributed by atoms with Gasteiger partial charge < -0.3 is 10.4 Å². The lowest BCUT2D eigenvalue weighted by molar-refractivity contribution is 0.245. The number of rotatable bonds is 1. The molecular weight excluding hydrogens is 186 g/mol. The standard InChI is InChI=1S/C13H19NO/c1-13(2)8-4-7-12(14-13)10-5-3-6-11(15)9-10/h3,5-6,9,12,14-15H,4,7-8H2,1-2H3. The summed E-state index contributed by atoms with van der Waals surface area (Å²) in [5.41, 5.74) is 1.41. The minimum absolute atomic E-state index is 0.217. The van der Waals surface area contributed by atoms with Gasteiger partial charge in [-0.2, -0.15) is 0 Å². The van der Waals surface area contributed by atoms with Crippen molar-refractivity contribution in [1.82, 2.24) is 5.32 Å². The number of phenolic OH excluding ortho intramolecular Hbond substituents is 1. The molecule has 1 aromatic rings. The van der Waals surface area contributed by atoms with Crippen molar-refractivity contribution in [3.05, 3.63) is 29.8 Å². The van der Waals surface area contributed by atoms with Crippen LogP contribution in [0.5, 0.6) is 5.75 Å². The summed E-state index contributed by atoms with van der Waals surface area (Å²) in [6.45, 7) is 4.48. The van der Waals surface area contributed by atoms with Gasteiger partial charge in [0, 0.05) is 11.6 Å². The zero-order valence-corrected chi connectivity index (χ0v) is 9.46. The molecule has 0 bridgehead atoms. The van der Waals surface area contributed by atoms with Crippen LogP contribution in [0.15, 0.2) is 24.3 Å². The molecule has 1 saturated heterocycles. The Morgan fingerprint density at radius 1 is 1.40 bits per heavy atom. The molecule has 0 saturated carbocycles. The van der Waals surface area contributed by atoms with Crippen LogP contribution in [0.3, 0.4) is 0 Å². The third-order valence-electron chi connectivity index (χ3n) is 3.13. The number of benzene rings is 1. The van der Waals surface area contributed by atoms with E-state index in [9.17, 15) is 5.11 Å². The van der Waals surface area contributed by atoms with E-state index >= 15 is 0 Å². The van der Waals surface area contributed by atoms with Crippen molar-refractivity contribution < 1.29 is 5.11 Å². The lowest BCUT2D eigenvalue weighted by Gasteiger charge is -2.37. The van der Waals surface area contributed by atoms with Crippen LogP contribution in [0.1, 0.15) is 44.7 Å². The first-order valence-corrected chi connectivity index (χ1v) is 5.63. The Hall–Kier alpha value is -1.02. The number of phenols is 1. The van der Waals surface area contributed by atoms with Gasteiger partial charge in [-0.05, 0) is 50.8 Å². The van der Waals surface area contributed by atoms with E-state index in [-0.39, 0.29) is 5.54 Å². The van der Waals surface area contributed by atoms with E-state index in [0.717, 1.165) is 6.42 Å². The summed E-state index contributed by atoms with van der Waals surface area (Å²) in [5.74, 6) is 0.359. The zero-order chi connectivity index (χ0) is 10.9. The Labute approximate surface area is 91.3 Å². The Bertz CT molecular complexity index is 346. The molecule has 1 aromatic carbocycles. The Balaban J connectivity index is 2.17. The van der Waals surface area contributed by atoms with E-state index in [0.29, 0.717) is 11.8 Å². The molecule has 0 aromatic heterocycles. The summed E-state index contributed by atoms with van der Waals surface area (Å²) in [5, 5.41) is 13.1. The molecule has 1 aliphatic rings. The van der Waals surface area contributed by atoms with Crippen LogP contribution < -0.4 is 5.32 Å². The highest BCUT2D eigenvalue weighted by Crippen LogP contribution is 2.31. The number of nitrogens with one attached hydrogen (secondary N) is 1. The lowest BCUT2D eigenvalue weighted by Crippen LogP contribution is -2.44. The van der Waals surface area contributed by atoms with E-state index in [2.05, 4.69) is 25.2 Å². The molecule has 0 aliphatic carbocycles. The van der Waals surface area contributed by atoms with E-state index in [4.69, 9.17) is 0 Å². The molecule has 0 spiro atoms. The van der Waals surface area contributed by atoms with Crippen LogP contribution >= 0.6 is 0 Å². The third-order valence-corrected chi connectivity index (χ3v) is 3.13. The molecule has 82 valence electrons. The van der Waals surface area contributed by atoms with Crippen LogP contribution in [0.2, 0.25) is 0 Å². The van der Waals surface area contributed by atoms with Gasteiger partial charge in [0.2, 0.25) is 0 Å². The lowest BCUT2D eigenvalue weighted by atomic mass is 9.86. The normalized spacial score (nSPS) is 25.1. The van der Waals surface area contributed by atoms with Gasteiger partial charge in [-0.25, -0.2) is 0 Å². The average Bonchev–Trinajstić information content (AvgIpc) is 2.16. The second-order valence-corrected chi connectivity index (χ2v) is 5.07.